The summed E-state index contributed by atoms with van der Waals surface area (Å²) in [6, 6.07) is 17.1. The molecule has 0 bridgehead atoms. The van der Waals surface area contributed by atoms with Crippen LogP contribution in [0.5, 0.6) is 11.5 Å². The summed E-state index contributed by atoms with van der Waals surface area (Å²) in [6.07, 6.45) is 1.73. The third kappa shape index (κ3) is 6.18. The first-order chi connectivity index (χ1) is 16.9. The van der Waals surface area contributed by atoms with Crippen LogP contribution >= 0.6 is 12.2 Å². The number of aryl methyl sites for hydroxylation is 2. The lowest BCUT2D eigenvalue weighted by atomic mass is 10.2. The van der Waals surface area contributed by atoms with E-state index in [4.69, 9.17) is 21.7 Å². The number of rotatable bonds is 5. The molecule has 0 amide bonds. The Morgan fingerprint density at radius 2 is 1.66 bits per heavy atom. The van der Waals surface area contributed by atoms with Crippen LogP contribution in [0.4, 0.5) is 17.3 Å². The van der Waals surface area contributed by atoms with Crippen molar-refractivity contribution in [3.63, 3.8) is 0 Å². The van der Waals surface area contributed by atoms with E-state index in [0.29, 0.717) is 29.1 Å². The Hall–Kier alpha value is -4.31. The summed E-state index contributed by atoms with van der Waals surface area (Å²) in [5.41, 5.74) is 3.89. The molecule has 0 saturated carbocycles. The average molecular weight is 488 g/mol. The number of anilines is 3. The Labute approximate surface area is 208 Å². The second-order valence-electron chi connectivity index (χ2n) is 7.60. The summed E-state index contributed by atoms with van der Waals surface area (Å²) in [5.74, 6) is 1.97. The standard InChI is InChI=1S/C25H25N7O2S/c1-15-11-16(2)28-23(27-15)31-24(29-18-12-17-7-5-6-8-20(17)26-14-18)32-25(35)30-21-13-19(33-3)9-10-22(21)34-4/h5-14H,1-4H3,(H3,27,28,29,30,31,32,35). The van der Waals surface area contributed by atoms with Gasteiger partial charge in [0, 0.05) is 22.8 Å². The molecule has 4 rings (SSSR count). The number of nitrogens with zero attached hydrogens (tertiary/aromatic N) is 4. The fraction of sp³-hybridized carbons (Fsp3) is 0.160. The number of hydrogen-bond acceptors (Lipinski definition) is 6. The van der Waals surface area contributed by atoms with Gasteiger partial charge in [-0.2, -0.15) is 4.99 Å². The van der Waals surface area contributed by atoms with E-state index in [0.717, 1.165) is 28.0 Å². The largest absolute Gasteiger partial charge is 0.497 e. The van der Waals surface area contributed by atoms with Crippen molar-refractivity contribution in [3.8, 4) is 11.5 Å². The van der Waals surface area contributed by atoms with Crippen molar-refractivity contribution in [3.05, 3.63) is 72.2 Å². The quantitative estimate of drug-likeness (QED) is 0.205. The molecule has 2 aromatic carbocycles. The number of benzene rings is 2. The van der Waals surface area contributed by atoms with E-state index in [1.807, 2.05) is 50.2 Å². The van der Waals surface area contributed by atoms with Crippen LogP contribution in [0.25, 0.3) is 10.9 Å². The van der Waals surface area contributed by atoms with Gasteiger partial charge in [0.15, 0.2) is 0 Å². The minimum Gasteiger partial charge on any atom is -0.497 e. The van der Waals surface area contributed by atoms with E-state index < -0.39 is 0 Å². The van der Waals surface area contributed by atoms with Gasteiger partial charge in [-0.05, 0) is 56.4 Å². The van der Waals surface area contributed by atoms with Crippen molar-refractivity contribution >= 4 is 51.5 Å². The summed E-state index contributed by atoms with van der Waals surface area (Å²) in [5, 5.41) is 10.6. The van der Waals surface area contributed by atoms with Crippen LogP contribution in [0.3, 0.4) is 0 Å². The van der Waals surface area contributed by atoms with Crippen LogP contribution in [0.2, 0.25) is 0 Å². The number of aliphatic imine (C=N–C) groups is 1. The Balaban J connectivity index is 1.65. The molecule has 0 aliphatic carbocycles. The van der Waals surface area contributed by atoms with Gasteiger partial charge >= 0.3 is 0 Å². The first-order valence-electron chi connectivity index (χ1n) is 10.8. The predicted molar refractivity (Wildman–Crippen MR) is 144 cm³/mol. The van der Waals surface area contributed by atoms with E-state index in [9.17, 15) is 0 Å². The van der Waals surface area contributed by atoms with Gasteiger partial charge in [-0.3, -0.25) is 10.3 Å². The number of pyridine rings is 1. The molecule has 9 nitrogen and oxygen atoms in total. The maximum Gasteiger partial charge on any atom is 0.229 e. The highest BCUT2D eigenvalue weighted by molar-refractivity contribution is 7.80. The third-order valence-electron chi connectivity index (χ3n) is 4.93. The fourth-order valence-corrected chi connectivity index (χ4v) is 3.61. The van der Waals surface area contributed by atoms with Gasteiger partial charge in [-0.25, -0.2) is 9.97 Å². The molecule has 2 aromatic heterocycles. The minimum absolute atomic E-state index is 0.185. The van der Waals surface area contributed by atoms with Crippen molar-refractivity contribution in [2.75, 3.05) is 30.2 Å². The summed E-state index contributed by atoms with van der Waals surface area (Å²) in [6.45, 7) is 3.80. The predicted octanol–water partition coefficient (Wildman–Crippen LogP) is 4.94. The molecule has 0 aliphatic heterocycles. The van der Waals surface area contributed by atoms with Crippen LogP contribution in [0, 0.1) is 13.8 Å². The molecule has 3 N–H and O–H groups in total. The lowest BCUT2D eigenvalue weighted by Gasteiger charge is -2.14. The van der Waals surface area contributed by atoms with Gasteiger partial charge in [0.05, 0.1) is 37.3 Å². The molecule has 10 heteroatoms. The van der Waals surface area contributed by atoms with Gasteiger partial charge in [0.1, 0.15) is 11.5 Å². The molecule has 0 atom stereocenters. The highest BCUT2D eigenvalue weighted by Gasteiger charge is 2.10. The highest BCUT2D eigenvalue weighted by atomic mass is 32.1. The SMILES string of the molecule is COc1ccc(OC)c(NC(=S)/N=C(/Nc2cnc3ccccc3c2)Nc2nc(C)cc(C)n2)c1. The number of ether oxygens (including phenoxy) is 2. The van der Waals surface area contributed by atoms with Gasteiger partial charge < -0.3 is 20.1 Å². The van der Waals surface area contributed by atoms with Crippen LogP contribution in [-0.2, 0) is 0 Å². The summed E-state index contributed by atoms with van der Waals surface area (Å²) >= 11 is 5.53. The lowest BCUT2D eigenvalue weighted by Crippen LogP contribution is -2.26. The van der Waals surface area contributed by atoms with E-state index in [-0.39, 0.29) is 5.11 Å². The molecule has 0 fully saturated rings. The van der Waals surface area contributed by atoms with Crippen molar-refractivity contribution in [2.45, 2.75) is 13.8 Å². The Morgan fingerprint density at radius 1 is 0.886 bits per heavy atom. The molecular formula is C25H25N7O2S. The lowest BCUT2D eigenvalue weighted by molar-refractivity contribution is 0.405. The second-order valence-corrected chi connectivity index (χ2v) is 7.98. The van der Waals surface area contributed by atoms with Crippen LogP contribution in [0.15, 0.2) is 65.8 Å². The van der Waals surface area contributed by atoms with Crippen molar-refractivity contribution < 1.29 is 9.47 Å². The number of hydrogen-bond donors (Lipinski definition) is 3. The monoisotopic (exact) mass is 487 g/mol. The molecule has 0 unspecified atom stereocenters. The number of fused-ring (bicyclic) bond motifs is 1. The van der Waals surface area contributed by atoms with Gasteiger partial charge in [0.2, 0.25) is 17.0 Å². The first kappa shape index (κ1) is 23.8. The van der Waals surface area contributed by atoms with Crippen LogP contribution < -0.4 is 25.4 Å². The summed E-state index contributed by atoms with van der Waals surface area (Å²) < 4.78 is 10.7. The Kier molecular flexibility index (Phi) is 7.32. The highest BCUT2D eigenvalue weighted by Crippen LogP contribution is 2.29. The average Bonchev–Trinajstić information content (AvgIpc) is 2.83. The van der Waals surface area contributed by atoms with Crippen LogP contribution in [-0.4, -0.2) is 40.2 Å². The van der Waals surface area contributed by atoms with Gasteiger partial charge in [-0.15, -0.1) is 0 Å². The molecule has 0 saturated heterocycles. The number of para-hydroxylation sites is 1. The molecule has 0 aliphatic rings. The molecule has 2 heterocycles. The smallest absolute Gasteiger partial charge is 0.229 e. The Bertz CT molecular complexity index is 1390. The second kappa shape index (κ2) is 10.7. The van der Waals surface area contributed by atoms with Crippen molar-refractivity contribution in [2.24, 2.45) is 4.99 Å². The van der Waals surface area contributed by atoms with Crippen molar-refractivity contribution in [1.82, 2.24) is 15.0 Å². The summed E-state index contributed by atoms with van der Waals surface area (Å²) in [4.78, 5) is 17.9. The Morgan fingerprint density at radius 3 is 2.40 bits per heavy atom. The maximum absolute atomic E-state index is 5.53. The first-order valence-corrected chi connectivity index (χ1v) is 11.2. The van der Waals surface area contributed by atoms with E-state index in [1.165, 1.54) is 0 Å². The molecule has 0 spiro atoms. The molecule has 178 valence electrons. The number of guanidine groups is 1. The minimum atomic E-state index is 0.185. The number of nitrogens with one attached hydrogen (secondary N) is 3. The number of methoxy groups -OCH3 is 2. The maximum atomic E-state index is 5.53. The van der Waals surface area contributed by atoms with E-state index in [2.05, 4.69) is 35.9 Å². The number of thiocarbonyl (C=S) groups is 1. The molecule has 4 aromatic rings. The topological polar surface area (TPSA) is 106 Å². The van der Waals surface area contributed by atoms with Gasteiger partial charge in [0.25, 0.3) is 0 Å². The molecular weight excluding hydrogens is 462 g/mol. The molecule has 0 radical (unpaired) electrons. The third-order valence-corrected chi connectivity index (χ3v) is 5.12. The normalized spacial score (nSPS) is 11.1. The fourth-order valence-electron chi connectivity index (χ4n) is 3.41. The zero-order valence-electron chi connectivity index (χ0n) is 19.8. The number of aromatic nitrogens is 3. The summed E-state index contributed by atoms with van der Waals surface area (Å²) in [7, 11) is 3.17. The van der Waals surface area contributed by atoms with Crippen LogP contribution in [0.1, 0.15) is 11.4 Å². The van der Waals surface area contributed by atoms with Gasteiger partial charge in [-0.1, -0.05) is 18.2 Å². The van der Waals surface area contributed by atoms with E-state index >= 15 is 0 Å². The van der Waals surface area contributed by atoms with Crippen molar-refractivity contribution in [1.29, 1.82) is 0 Å². The molecule has 35 heavy (non-hydrogen) atoms. The zero-order chi connectivity index (χ0) is 24.8. The van der Waals surface area contributed by atoms with E-state index in [1.54, 1.807) is 38.6 Å². The zero-order valence-corrected chi connectivity index (χ0v) is 20.6.